The molecule has 1 aromatic rings. The number of nitrogens with one attached hydrogen (secondary N) is 1. The second-order valence-corrected chi connectivity index (χ2v) is 10.9. The van der Waals surface area contributed by atoms with Crippen molar-refractivity contribution in [2.75, 3.05) is 26.3 Å². The first-order valence-electron chi connectivity index (χ1n) is 13.3. The minimum atomic E-state index is -4.27. The van der Waals surface area contributed by atoms with Gasteiger partial charge in [-0.2, -0.15) is 0 Å². The predicted octanol–water partition coefficient (Wildman–Crippen LogP) is 1.90. The van der Waals surface area contributed by atoms with E-state index >= 15 is 0 Å². The fourth-order valence-corrected chi connectivity index (χ4v) is 4.79. The topological polar surface area (TPSA) is 70.9 Å². The number of hydrogen-bond donors (Lipinski definition) is 1. The maximum Gasteiger partial charge on any atom is 0.124 e. The summed E-state index contributed by atoms with van der Waals surface area (Å²) in [6.07, 6.45) is 23.4. The number of rotatable bonds is 15. The molecule has 0 aliphatic carbocycles. The number of ether oxygens (including phenoxy) is 1. The highest BCUT2D eigenvalue weighted by Crippen LogP contribution is 2.12. The molecular formula is C28H47BrNO4S-. The molecule has 2 atom stereocenters. The van der Waals surface area contributed by atoms with E-state index in [1.807, 2.05) is 6.92 Å². The zero-order valence-corrected chi connectivity index (χ0v) is 24.3. The second-order valence-electron chi connectivity index (χ2n) is 9.49. The quantitative estimate of drug-likeness (QED) is 0.198. The molecule has 7 heteroatoms. The van der Waals surface area contributed by atoms with E-state index in [-0.39, 0.29) is 21.9 Å². The maximum absolute atomic E-state index is 10.4. The standard InChI is InChI=1S/C21H39NO.C7H8O3S.BrH/c1-3-5-6-7-8-9-10-11-12-13-14-15-17-22-18-19-23-20-21(22)16-4-2;1-6-2-4-7(5-3-6)11(8,9)10;/h2,21H,3,5-20H2,1H3;2-5H,1H3,(H,8,9,10);1H/p-1. The summed E-state index contributed by atoms with van der Waals surface area (Å²) in [6, 6.07) is 6.33. The molecule has 1 N–H and O–H groups in total. The van der Waals surface area contributed by atoms with Crippen LogP contribution in [0, 0.1) is 19.3 Å². The SMILES string of the molecule is C#CCC1COCC[NH+]1CCCCCCCCCCCCCC.Cc1ccc(S(=O)(=O)[O-])cc1.[Br-]. The maximum atomic E-state index is 10.4. The molecule has 0 radical (unpaired) electrons. The van der Waals surface area contributed by atoms with Crippen molar-refractivity contribution in [1.82, 2.24) is 0 Å². The Morgan fingerprint density at radius 1 is 0.971 bits per heavy atom. The largest absolute Gasteiger partial charge is 1.00 e. The van der Waals surface area contributed by atoms with Crippen LogP contribution in [0.25, 0.3) is 0 Å². The van der Waals surface area contributed by atoms with Crippen LogP contribution in [0.1, 0.15) is 96.0 Å². The number of hydrogen-bond acceptors (Lipinski definition) is 4. The van der Waals surface area contributed by atoms with E-state index in [4.69, 9.17) is 11.2 Å². The Hall–Kier alpha value is -0.910. The number of benzene rings is 1. The molecule has 0 bridgehead atoms. The van der Waals surface area contributed by atoms with Gasteiger partial charge < -0.3 is 31.2 Å². The van der Waals surface area contributed by atoms with Crippen molar-refractivity contribution in [2.24, 2.45) is 0 Å². The fourth-order valence-electron chi connectivity index (χ4n) is 4.32. The van der Waals surface area contributed by atoms with Gasteiger partial charge in [-0.15, -0.1) is 12.3 Å². The Kier molecular flexibility index (Phi) is 20.7. The third-order valence-corrected chi connectivity index (χ3v) is 7.34. The van der Waals surface area contributed by atoms with Crippen LogP contribution in [0.15, 0.2) is 29.2 Å². The zero-order valence-electron chi connectivity index (χ0n) is 21.9. The molecule has 1 fully saturated rings. The summed E-state index contributed by atoms with van der Waals surface area (Å²) in [4.78, 5) is 1.50. The first-order valence-corrected chi connectivity index (χ1v) is 14.7. The summed E-state index contributed by atoms with van der Waals surface area (Å²) in [6.45, 7) is 8.31. The van der Waals surface area contributed by atoms with Crippen molar-refractivity contribution in [3.63, 3.8) is 0 Å². The zero-order chi connectivity index (χ0) is 25.1. The molecule has 0 aromatic heterocycles. The highest BCUT2D eigenvalue weighted by atomic mass is 79.9. The van der Waals surface area contributed by atoms with Crippen LogP contribution in [0.3, 0.4) is 0 Å². The third kappa shape index (κ3) is 17.2. The smallest absolute Gasteiger partial charge is 0.124 e. The lowest BCUT2D eigenvalue weighted by molar-refractivity contribution is -0.933. The number of halogens is 1. The van der Waals surface area contributed by atoms with Gasteiger partial charge in [-0.1, -0.05) is 88.8 Å². The van der Waals surface area contributed by atoms with Crippen LogP contribution in [-0.4, -0.2) is 45.3 Å². The van der Waals surface area contributed by atoms with E-state index < -0.39 is 10.1 Å². The van der Waals surface area contributed by atoms with Gasteiger partial charge in [0.1, 0.15) is 22.7 Å². The van der Waals surface area contributed by atoms with Crippen molar-refractivity contribution in [3.05, 3.63) is 29.8 Å². The lowest BCUT2D eigenvalue weighted by Gasteiger charge is -2.31. The lowest BCUT2D eigenvalue weighted by Crippen LogP contribution is -3.17. The summed E-state index contributed by atoms with van der Waals surface area (Å²) in [5.74, 6) is 2.81. The molecule has 35 heavy (non-hydrogen) atoms. The first-order chi connectivity index (χ1) is 16.4. The molecule has 0 amide bonds. The van der Waals surface area contributed by atoms with Crippen LogP contribution in [0.4, 0.5) is 0 Å². The molecule has 1 aromatic carbocycles. The monoisotopic (exact) mass is 572 g/mol. The number of morpholine rings is 1. The van der Waals surface area contributed by atoms with E-state index in [0.717, 1.165) is 31.7 Å². The van der Waals surface area contributed by atoms with Crippen LogP contribution in [-0.2, 0) is 14.9 Å². The summed E-state index contributed by atoms with van der Waals surface area (Å²) in [7, 11) is -4.27. The normalized spacial score (nSPS) is 17.5. The van der Waals surface area contributed by atoms with E-state index in [2.05, 4.69) is 12.8 Å². The lowest BCUT2D eigenvalue weighted by atomic mass is 10.0. The van der Waals surface area contributed by atoms with E-state index in [1.165, 1.54) is 95.7 Å². The van der Waals surface area contributed by atoms with Crippen LogP contribution < -0.4 is 21.9 Å². The molecule has 202 valence electrons. The molecule has 1 heterocycles. The van der Waals surface area contributed by atoms with Crippen LogP contribution >= 0.6 is 0 Å². The van der Waals surface area contributed by atoms with Gasteiger partial charge in [0.05, 0.1) is 31.1 Å². The summed E-state index contributed by atoms with van der Waals surface area (Å²) in [5.41, 5.74) is 0.928. The number of quaternary nitrogens is 1. The molecule has 5 nitrogen and oxygen atoms in total. The average molecular weight is 574 g/mol. The first kappa shape index (κ1) is 34.1. The number of unbranched alkanes of at least 4 members (excludes halogenated alkanes) is 11. The molecule has 1 aliphatic rings. The minimum Gasteiger partial charge on any atom is -1.00 e. The molecule has 2 unspecified atom stereocenters. The van der Waals surface area contributed by atoms with Gasteiger partial charge in [0.2, 0.25) is 0 Å². The second kappa shape index (κ2) is 21.2. The molecule has 0 spiro atoms. The van der Waals surface area contributed by atoms with E-state index in [1.54, 1.807) is 17.0 Å². The summed E-state index contributed by atoms with van der Waals surface area (Å²) < 4.78 is 36.7. The van der Waals surface area contributed by atoms with Crippen molar-refractivity contribution in [1.29, 1.82) is 0 Å². The minimum absolute atomic E-state index is 0. The summed E-state index contributed by atoms with van der Waals surface area (Å²) in [5, 5.41) is 0. The Morgan fingerprint density at radius 3 is 1.97 bits per heavy atom. The van der Waals surface area contributed by atoms with Crippen molar-refractivity contribution in [3.8, 4) is 12.3 Å². The highest BCUT2D eigenvalue weighted by Gasteiger charge is 2.25. The highest BCUT2D eigenvalue weighted by molar-refractivity contribution is 7.85. The van der Waals surface area contributed by atoms with Gasteiger partial charge in [-0.05, 0) is 31.9 Å². The van der Waals surface area contributed by atoms with Crippen molar-refractivity contribution in [2.45, 2.75) is 108 Å². The van der Waals surface area contributed by atoms with Crippen LogP contribution in [0.2, 0.25) is 0 Å². The Morgan fingerprint density at radius 2 is 1.49 bits per heavy atom. The predicted molar refractivity (Wildman–Crippen MR) is 139 cm³/mol. The van der Waals surface area contributed by atoms with Gasteiger partial charge >= 0.3 is 0 Å². The van der Waals surface area contributed by atoms with E-state index in [9.17, 15) is 13.0 Å². The number of terminal acetylenes is 1. The molecule has 1 aliphatic heterocycles. The molecule has 0 saturated carbocycles. The molecule has 1 saturated heterocycles. The molecule has 2 rings (SSSR count). The third-order valence-electron chi connectivity index (χ3n) is 6.49. The Bertz CT molecular complexity index is 777. The van der Waals surface area contributed by atoms with Crippen molar-refractivity contribution < 1.29 is 39.6 Å². The Balaban J connectivity index is 0.000000807. The Labute approximate surface area is 225 Å². The van der Waals surface area contributed by atoms with Crippen molar-refractivity contribution >= 4 is 10.1 Å². The van der Waals surface area contributed by atoms with E-state index in [0.29, 0.717) is 6.04 Å². The van der Waals surface area contributed by atoms with Gasteiger partial charge in [-0.25, -0.2) is 8.42 Å². The fraction of sp³-hybridized carbons (Fsp3) is 0.714. The van der Waals surface area contributed by atoms with Gasteiger partial charge in [0.15, 0.2) is 0 Å². The van der Waals surface area contributed by atoms with Crippen LogP contribution in [0.5, 0.6) is 0 Å². The van der Waals surface area contributed by atoms with Gasteiger partial charge in [0.25, 0.3) is 0 Å². The van der Waals surface area contributed by atoms with Gasteiger partial charge in [0, 0.05) is 0 Å². The number of aryl methyl sites for hydroxylation is 1. The molecular weight excluding hydrogens is 526 g/mol. The summed E-state index contributed by atoms with van der Waals surface area (Å²) >= 11 is 0. The average Bonchev–Trinajstić information content (AvgIpc) is 2.81. The van der Waals surface area contributed by atoms with Gasteiger partial charge in [-0.3, -0.25) is 0 Å².